The summed E-state index contributed by atoms with van der Waals surface area (Å²) in [6.07, 6.45) is 3.37. The Morgan fingerprint density at radius 1 is 1.16 bits per heavy atom. The summed E-state index contributed by atoms with van der Waals surface area (Å²) >= 11 is 6.19. The summed E-state index contributed by atoms with van der Waals surface area (Å²) in [7, 11) is 0. The highest BCUT2D eigenvalue weighted by Gasteiger charge is 2.24. The molecule has 2 rings (SSSR count). The topological polar surface area (TPSA) is 30.5 Å². The number of fused-ring (bicyclic) bond motifs is 1. The second-order valence-corrected chi connectivity index (χ2v) is 5.41. The molecular weight excluding hydrogens is 262 g/mol. The highest BCUT2D eigenvalue weighted by atomic mass is 35.5. The number of rotatable bonds is 6. The van der Waals surface area contributed by atoms with Crippen LogP contribution in [0.4, 0.5) is 0 Å². The van der Waals surface area contributed by atoms with Crippen molar-refractivity contribution in [3.63, 3.8) is 0 Å². The molecule has 0 radical (unpaired) electrons. The largest absolute Gasteiger partial charge is 0.454 e. The van der Waals surface area contributed by atoms with Crippen molar-refractivity contribution in [3.05, 3.63) is 22.7 Å². The number of hydrogen-bond donors (Lipinski definition) is 1. The van der Waals surface area contributed by atoms with E-state index in [1.54, 1.807) is 0 Å². The average Bonchev–Trinajstić information content (AvgIpc) is 2.90. The molecule has 0 saturated heterocycles. The van der Waals surface area contributed by atoms with Gasteiger partial charge in [0.1, 0.15) is 0 Å². The van der Waals surface area contributed by atoms with E-state index in [9.17, 15) is 0 Å². The van der Waals surface area contributed by atoms with Crippen LogP contribution in [0.15, 0.2) is 12.1 Å². The number of halogens is 1. The fourth-order valence-electron chi connectivity index (χ4n) is 2.54. The molecule has 0 amide bonds. The summed E-state index contributed by atoms with van der Waals surface area (Å²) < 4.78 is 10.7. The van der Waals surface area contributed by atoms with E-state index in [4.69, 9.17) is 21.1 Å². The molecule has 0 saturated carbocycles. The van der Waals surface area contributed by atoms with E-state index in [2.05, 4.69) is 26.1 Å². The molecule has 0 aliphatic carbocycles. The Morgan fingerprint density at radius 3 is 2.47 bits per heavy atom. The van der Waals surface area contributed by atoms with Crippen molar-refractivity contribution in [1.82, 2.24) is 5.32 Å². The lowest BCUT2D eigenvalue weighted by atomic mass is 9.89. The van der Waals surface area contributed by atoms with Crippen LogP contribution in [0.5, 0.6) is 11.5 Å². The molecule has 0 atom stereocenters. The average molecular weight is 284 g/mol. The number of benzene rings is 1. The van der Waals surface area contributed by atoms with Gasteiger partial charge in [0.2, 0.25) is 6.79 Å². The maximum Gasteiger partial charge on any atom is 0.231 e. The molecule has 0 fully saturated rings. The minimum Gasteiger partial charge on any atom is -0.454 e. The second kappa shape index (κ2) is 6.02. The molecule has 3 nitrogen and oxygen atoms in total. The van der Waals surface area contributed by atoms with E-state index < -0.39 is 0 Å². The van der Waals surface area contributed by atoms with Crippen LogP contribution in [0.1, 0.15) is 45.6 Å². The molecule has 1 aliphatic heterocycles. The van der Waals surface area contributed by atoms with Crippen LogP contribution in [0.3, 0.4) is 0 Å². The van der Waals surface area contributed by atoms with Crippen LogP contribution in [-0.2, 0) is 6.54 Å². The van der Waals surface area contributed by atoms with Crippen molar-refractivity contribution >= 4 is 11.6 Å². The monoisotopic (exact) mass is 283 g/mol. The molecule has 4 heteroatoms. The van der Waals surface area contributed by atoms with Crippen LogP contribution in [0, 0.1) is 0 Å². The molecular formula is C15H22ClNO2. The molecule has 0 aromatic heterocycles. The van der Waals surface area contributed by atoms with Crippen LogP contribution in [-0.4, -0.2) is 12.3 Å². The van der Waals surface area contributed by atoms with E-state index in [0.717, 1.165) is 37.1 Å². The van der Waals surface area contributed by atoms with Gasteiger partial charge in [-0.1, -0.05) is 32.4 Å². The Hall–Kier alpha value is -0.930. The van der Waals surface area contributed by atoms with Gasteiger partial charge in [0, 0.05) is 12.1 Å². The highest BCUT2D eigenvalue weighted by molar-refractivity contribution is 6.32. The SMILES string of the molecule is CCC(CC)(CC)NCc1cc(Cl)c2c(c1)OCO2. The lowest BCUT2D eigenvalue weighted by molar-refractivity contribution is 0.174. The minimum absolute atomic E-state index is 0.211. The first kappa shape index (κ1) is 14.5. The zero-order valence-corrected chi connectivity index (χ0v) is 12.6. The van der Waals surface area contributed by atoms with Crippen molar-refractivity contribution in [2.24, 2.45) is 0 Å². The Bertz CT molecular complexity index is 436. The summed E-state index contributed by atoms with van der Waals surface area (Å²) in [5.74, 6) is 1.41. The highest BCUT2D eigenvalue weighted by Crippen LogP contribution is 2.39. The summed E-state index contributed by atoms with van der Waals surface area (Å²) in [5, 5.41) is 4.29. The van der Waals surface area contributed by atoms with E-state index >= 15 is 0 Å². The number of nitrogens with one attached hydrogen (secondary N) is 1. The molecule has 1 aromatic carbocycles. The fraction of sp³-hybridized carbons (Fsp3) is 0.600. The standard InChI is InChI=1S/C15H22ClNO2/c1-4-15(5-2,6-3)17-9-11-7-12(16)14-13(8-11)18-10-19-14/h7-8,17H,4-6,9-10H2,1-3H3. The molecule has 1 aromatic rings. The van der Waals surface area contributed by atoms with Crippen molar-refractivity contribution in [1.29, 1.82) is 0 Å². The van der Waals surface area contributed by atoms with Gasteiger partial charge >= 0.3 is 0 Å². The van der Waals surface area contributed by atoms with Crippen molar-refractivity contribution in [3.8, 4) is 11.5 Å². The van der Waals surface area contributed by atoms with Gasteiger partial charge in [-0.2, -0.15) is 0 Å². The van der Waals surface area contributed by atoms with Gasteiger partial charge in [-0.3, -0.25) is 0 Å². The third kappa shape index (κ3) is 2.98. The third-order valence-corrected chi connectivity index (χ3v) is 4.47. The molecule has 19 heavy (non-hydrogen) atoms. The van der Waals surface area contributed by atoms with Gasteiger partial charge in [-0.15, -0.1) is 0 Å². The van der Waals surface area contributed by atoms with E-state index in [1.807, 2.05) is 12.1 Å². The Balaban J connectivity index is 2.10. The molecule has 1 aliphatic rings. The summed E-state index contributed by atoms with van der Waals surface area (Å²) in [6, 6.07) is 3.96. The van der Waals surface area contributed by atoms with Crippen LogP contribution in [0.2, 0.25) is 5.02 Å². The maximum absolute atomic E-state index is 6.19. The first-order valence-electron chi connectivity index (χ1n) is 6.97. The Morgan fingerprint density at radius 2 is 1.84 bits per heavy atom. The number of ether oxygens (including phenoxy) is 2. The van der Waals surface area contributed by atoms with Crippen LogP contribution < -0.4 is 14.8 Å². The summed E-state index contributed by atoms with van der Waals surface area (Å²) in [5.41, 5.74) is 1.34. The molecule has 0 unspecified atom stereocenters. The Labute approximate surface area is 120 Å². The summed E-state index contributed by atoms with van der Waals surface area (Å²) in [4.78, 5) is 0. The lowest BCUT2D eigenvalue weighted by Crippen LogP contribution is -2.43. The van der Waals surface area contributed by atoms with E-state index in [-0.39, 0.29) is 12.3 Å². The van der Waals surface area contributed by atoms with Gasteiger partial charge in [0.05, 0.1) is 5.02 Å². The third-order valence-electron chi connectivity index (χ3n) is 4.18. The first-order valence-corrected chi connectivity index (χ1v) is 7.35. The Kier molecular flexibility index (Phi) is 4.58. The maximum atomic E-state index is 6.19. The zero-order chi connectivity index (χ0) is 13.9. The minimum atomic E-state index is 0.211. The van der Waals surface area contributed by atoms with Crippen LogP contribution >= 0.6 is 11.6 Å². The quantitative estimate of drug-likeness (QED) is 0.852. The lowest BCUT2D eigenvalue weighted by Gasteiger charge is -2.32. The van der Waals surface area contributed by atoms with Gasteiger partial charge in [-0.05, 0) is 37.0 Å². The smallest absolute Gasteiger partial charge is 0.231 e. The van der Waals surface area contributed by atoms with Gasteiger partial charge in [0.25, 0.3) is 0 Å². The predicted octanol–water partition coefficient (Wildman–Crippen LogP) is 4.13. The van der Waals surface area contributed by atoms with Crippen LogP contribution in [0.25, 0.3) is 0 Å². The fourth-order valence-corrected chi connectivity index (χ4v) is 2.83. The predicted molar refractivity (Wildman–Crippen MR) is 78.0 cm³/mol. The molecule has 1 heterocycles. The van der Waals surface area contributed by atoms with Crippen molar-refractivity contribution in [2.45, 2.75) is 52.1 Å². The molecule has 1 N–H and O–H groups in total. The van der Waals surface area contributed by atoms with Crippen molar-refractivity contribution < 1.29 is 9.47 Å². The second-order valence-electron chi connectivity index (χ2n) is 5.01. The van der Waals surface area contributed by atoms with E-state index in [0.29, 0.717) is 10.8 Å². The zero-order valence-electron chi connectivity index (χ0n) is 11.9. The molecule has 106 valence electrons. The normalized spacial score (nSPS) is 13.9. The van der Waals surface area contributed by atoms with Gasteiger partial charge < -0.3 is 14.8 Å². The molecule has 0 spiro atoms. The first-order chi connectivity index (χ1) is 9.14. The number of hydrogen-bond acceptors (Lipinski definition) is 3. The van der Waals surface area contributed by atoms with Gasteiger partial charge in [-0.25, -0.2) is 0 Å². The molecule has 0 bridgehead atoms. The van der Waals surface area contributed by atoms with E-state index in [1.165, 1.54) is 0 Å². The van der Waals surface area contributed by atoms with Gasteiger partial charge in [0.15, 0.2) is 11.5 Å². The summed E-state index contributed by atoms with van der Waals surface area (Å²) in [6.45, 7) is 7.74. The van der Waals surface area contributed by atoms with Crippen molar-refractivity contribution in [2.75, 3.05) is 6.79 Å².